The van der Waals surface area contributed by atoms with Crippen molar-refractivity contribution >= 4 is 0 Å². The van der Waals surface area contributed by atoms with Gasteiger partial charge in [-0.15, -0.1) is 0 Å². The highest BCUT2D eigenvalue weighted by molar-refractivity contribution is 5.78. The molecule has 5 aromatic rings. The Hall–Kier alpha value is -3.97. The third-order valence-corrected chi connectivity index (χ3v) is 6.24. The van der Waals surface area contributed by atoms with Gasteiger partial charge in [-0.2, -0.15) is 0 Å². The average molecular weight is 440 g/mol. The highest BCUT2D eigenvalue weighted by atomic mass is 14.7. The zero-order valence-corrected chi connectivity index (χ0v) is 20.0. The van der Waals surface area contributed by atoms with Crippen molar-refractivity contribution in [3.05, 3.63) is 127 Å². The summed E-state index contributed by atoms with van der Waals surface area (Å²) >= 11 is 0. The van der Waals surface area contributed by atoms with Crippen LogP contribution in [0.2, 0.25) is 0 Å². The van der Waals surface area contributed by atoms with E-state index >= 15 is 0 Å². The van der Waals surface area contributed by atoms with E-state index in [9.17, 15) is 0 Å². The topological polar surface area (TPSA) is 12.9 Å². The van der Waals surface area contributed by atoms with E-state index in [2.05, 4.69) is 130 Å². The van der Waals surface area contributed by atoms with Gasteiger partial charge >= 0.3 is 0 Å². The highest BCUT2D eigenvalue weighted by Crippen LogP contribution is 2.33. The lowest BCUT2D eigenvalue weighted by Crippen LogP contribution is -2.10. The Balaban J connectivity index is 1.62. The van der Waals surface area contributed by atoms with Gasteiger partial charge in [0.2, 0.25) is 0 Å². The molecule has 0 spiro atoms. The molecule has 0 aliphatic carbocycles. The maximum absolute atomic E-state index is 5.07. The summed E-state index contributed by atoms with van der Waals surface area (Å²) < 4.78 is 0. The summed E-state index contributed by atoms with van der Waals surface area (Å²) in [5.74, 6) is 0. The molecule has 34 heavy (non-hydrogen) atoms. The average Bonchev–Trinajstić information content (AvgIpc) is 2.89. The zero-order valence-electron chi connectivity index (χ0n) is 20.0. The molecule has 166 valence electrons. The lowest BCUT2D eigenvalue weighted by atomic mass is 9.85. The molecule has 1 heteroatoms. The second-order valence-electron chi connectivity index (χ2n) is 9.77. The molecule has 0 atom stereocenters. The van der Waals surface area contributed by atoms with Crippen LogP contribution in [-0.4, -0.2) is 4.98 Å². The molecule has 0 amide bonds. The van der Waals surface area contributed by atoms with E-state index in [4.69, 9.17) is 4.98 Å². The van der Waals surface area contributed by atoms with Crippen molar-refractivity contribution in [1.82, 2.24) is 4.98 Å². The van der Waals surface area contributed by atoms with Crippen LogP contribution in [0.4, 0.5) is 0 Å². The quantitative estimate of drug-likeness (QED) is 0.272. The minimum absolute atomic E-state index is 0.0986. The monoisotopic (exact) mass is 439 g/mol. The minimum Gasteiger partial charge on any atom is -0.248 e. The predicted molar refractivity (Wildman–Crippen MR) is 145 cm³/mol. The molecule has 0 aliphatic heterocycles. The first-order valence-electron chi connectivity index (χ1n) is 11.8. The van der Waals surface area contributed by atoms with Gasteiger partial charge in [0.15, 0.2) is 0 Å². The van der Waals surface area contributed by atoms with Crippen molar-refractivity contribution < 1.29 is 0 Å². The largest absolute Gasteiger partial charge is 0.248 e. The van der Waals surface area contributed by atoms with Crippen LogP contribution in [0.15, 0.2) is 121 Å². The van der Waals surface area contributed by atoms with Crippen molar-refractivity contribution in [2.24, 2.45) is 0 Å². The van der Waals surface area contributed by atoms with Gasteiger partial charge in [0, 0.05) is 11.1 Å². The van der Waals surface area contributed by atoms with Crippen LogP contribution >= 0.6 is 0 Å². The number of pyridine rings is 1. The molecule has 0 N–H and O–H groups in total. The first-order valence-corrected chi connectivity index (χ1v) is 11.8. The number of rotatable bonds is 4. The smallest absolute Gasteiger partial charge is 0.0715 e. The summed E-state index contributed by atoms with van der Waals surface area (Å²) in [6, 6.07) is 42.9. The van der Waals surface area contributed by atoms with E-state index in [0.29, 0.717) is 0 Å². The second-order valence-corrected chi connectivity index (χ2v) is 9.77. The molecule has 0 saturated carbocycles. The van der Waals surface area contributed by atoms with Crippen molar-refractivity contribution in [3.8, 4) is 44.8 Å². The van der Waals surface area contributed by atoms with Crippen molar-refractivity contribution in [2.45, 2.75) is 26.2 Å². The number of hydrogen-bond acceptors (Lipinski definition) is 1. The normalized spacial score (nSPS) is 11.4. The summed E-state index contributed by atoms with van der Waals surface area (Å²) in [4.78, 5) is 5.07. The summed E-state index contributed by atoms with van der Waals surface area (Å²) in [6.45, 7) is 6.77. The van der Waals surface area contributed by atoms with E-state index in [1.165, 1.54) is 27.8 Å². The van der Waals surface area contributed by atoms with Crippen LogP contribution < -0.4 is 0 Å². The first kappa shape index (κ1) is 21.9. The van der Waals surface area contributed by atoms with Gasteiger partial charge in [0.1, 0.15) is 0 Å². The number of nitrogens with zero attached hydrogens (tertiary/aromatic N) is 1. The highest BCUT2D eigenvalue weighted by Gasteiger charge is 2.15. The van der Waals surface area contributed by atoms with Crippen LogP contribution in [0.3, 0.4) is 0 Å². The number of aromatic nitrogens is 1. The van der Waals surface area contributed by atoms with E-state index in [-0.39, 0.29) is 5.41 Å². The molecule has 0 unspecified atom stereocenters. The molecule has 4 aromatic carbocycles. The molecule has 0 saturated heterocycles. The van der Waals surface area contributed by atoms with E-state index < -0.39 is 0 Å². The first-order chi connectivity index (χ1) is 16.5. The minimum atomic E-state index is 0.0986. The fraction of sp³-hybridized carbons (Fsp3) is 0.121. The summed E-state index contributed by atoms with van der Waals surface area (Å²) in [6.07, 6.45) is 0. The van der Waals surface area contributed by atoms with E-state index in [0.717, 1.165) is 22.5 Å². The van der Waals surface area contributed by atoms with Gasteiger partial charge in [-0.3, -0.25) is 0 Å². The maximum Gasteiger partial charge on any atom is 0.0715 e. The van der Waals surface area contributed by atoms with Gasteiger partial charge in [-0.1, -0.05) is 130 Å². The maximum atomic E-state index is 5.07. The lowest BCUT2D eigenvalue weighted by molar-refractivity contribution is 0.590. The Bertz CT molecular complexity index is 1390. The van der Waals surface area contributed by atoms with Crippen LogP contribution in [0.5, 0.6) is 0 Å². The van der Waals surface area contributed by atoms with Gasteiger partial charge in [0.05, 0.1) is 11.4 Å². The Morgan fingerprint density at radius 1 is 0.412 bits per heavy atom. The Morgan fingerprint density at radius 3 is 1.47 bits per heavy atom. The summed E-state index contributed by atoms with van der Waals surface area (Å²) in [7, 11) is 0. The molecule has 5 rings (SSSR count). The molecule has 1 heterocycles. The van der Waals surface area contributed by atoms with Gasteiger partial charge in [0.25, 0.3) is 0 Å². The molecule has 0 fully saturated rings. The van der Waals surface area contributed by atoms with Crippen molar-refractivity contribution in [2.75, 3.05) is 0 Å². The zero-order chi connectivity index (χ0) is 23.5. The molecule has 1 nitrogen and oxygen atoms in total. The predicted octanol–water partition coefficient (Wildman–Crippen LogP) is 9.05. The molecule has 1 aromatic heterocycles. The van der Waals surface area contributed by atoms with Gasteiger partial charge in [-0.25, -0.2) is 4.98 Å². The van der Waals surface area contributed by atoms with E-state index in [1.54, 1.807) is 0 Å². The third kappa shape index (κ3) is 4.70. The van der Waals surface area contributed by atoms with Gasteiger partial charge in [-0.05, 0) is 45.4 Å². The standard InChI is InChI=1S/C33H29N/c1-33(2,3)30-16-10-15-28(21-30)29-22-31(26-13-8-5-9-14-26)34-32(23-29)27-19-17-25(18-20-27)24-11-6-4-7-12-24/h4-23H,1-3H3. The summed E-state index contributed by atoms with van der Waals surface area (Å²) in [5, 5.41) is 0. The molecule has 0 radical (unpaired) electrons. The van der Waals surface area contributed by atoms with Crippen LogP contribution in [0, 0.1) is 0 Å². The SMILES string of the molecule is CC(C)(C)c1cccc(-c2cc(-c3ccccc3)nc(-c3ccc(-c4ccccc4)cc3)c2)c1. The second kappa shape index (κ2) is 9.11. The van der Waals surface area contributed by atoms with Crippen molar-refractivity contribution in [3.63, 3.8) is 0 Å². The van der Waals surface area contributed by atoms with Gasteiger partial charge < -0.3 is 0 Å². The number of hydrogen-bond donors (Lipinski definition) is 0. The van der Waals surface area contributed by atoms with Crippen LogP contribution in [0.1, 0.15) is 26.3 Å². The number of benzene rings is 4. The Labute approximate surface area is 202 Å². The Morgan fingerprint density at radius 2 is 0.882 bits per heavy atom. The molecular formula is C33H29N. The Kier molecular flexibility index (Phi) is 5.86. The van der Waals surface area contributed by atoms with Crippen LogP contribution in [-0.2, 0) is 5.41 Å². The lowest BCUT2D eigenvalue weighted by Gasteiger charge is -2.20. The molecular weight excluding hydrogens is 410 g/mol. The summed E-state index contributed by atoms with van der Waals surface area (Å²) in [5.41, 5.74) is 10.5. The van der Waals surface area contributed by atoms with Crippen LogP contribution in [0.25, 0.3) is 44.8 Å². The third-order valence-electron chi connectivity index (χ3n) is 6.24. The fourth-order valence-corrected chi connectivity index (χ4v) is 4.23. The molecule has 0 bridgehead atoms. The molecule has 0 aliphatic rings. The fourth-order valence-electron chi connectivity index (χ4n) is 4.23. The van der Waals surface area contributed by atoms with Crippen molar-refractivity contribution in [1.29, 1.82) is 0 Å². The van der Waals surface area contributed by atoms with E-state index in [1.807, 2.05) is 12.1 Å².